The highest BCUT2D eigenvalue weighted by Gasteiger charge is 2.21. The van der Waals surface area contributed by atoms with Gasteiger partial charge in [0.2, 0.25) is 0 Å². The number of hydrogen-bond donors (Lipinski definition) is 2. The lowest BCUT2D eigenvalue weighted by atomic mass is 9.78. The Morgan fingerprint density at radius 2 is 1.94 bits per heavy atom. The minimum atomic E-state index is -1.60. The summed E-state index contributed by atoms with van der Waals surface area (Å²) >= 11 is 6.14. The van der Waals surface area contributed by atoms with Crippen LogP contribution >= 0.6 is 11.6 Å². The summed E-state index contributed by atoms with van der Waals surface area (Å²) in [6.45, 7) is 0. The molecule has 0 spiro atoms. The van der Waals surface area contributed by atoms with Crippen LogP contribution in [-0.4, -0.2) is 24.3 Å². The molecule has 2 rings (SSSR count). The fourth-order valence-corrected chi connectivity index (χ4v) is 2.06. The molecular formula is C11H10BClO3. The van der Waals surface area contributed by atoms with Crippen molar-refractivity contribution < 1.29 is 14.8 Å². The van der Waals surface area contributed by atoms with Crippen molar-refractivity contribution in [2.45, 2.75) is 0 Å². The third-order valence-electron chi connectivity index (χ3n) is 2.45. The second kappa shape index (κ2) is 4.33. The zero-order valence-corrected chi connectivity index (χ0v) is 9.40. The van der Waals surface area contributed by atoms with Gasteiger partial charge >= 0.3 is 7.12 Å². The van der Waals surface area contributed by atoms with Gasteiger partial charge in [-0.05, 0) is 5.39 Å². The van der Waals surface area contributed by atoms with Crippen molar-refractivity contribution in [1.29, 1.82) is 0 Å². The second-order valence-electron chi connectivity index (χ2n) is 3.41. The van der Waals surface area contributed by atoms with E-state index >= 15 is 0 Å². The van der Waals surface area contributed by atoms with Crippen LogP contribution in [0.3, 0.4) is 0 Å². The van der Waals surface area contributed by atoms with Crippen LogP contribution in [0, 0.1) is 0 Å². The summed E-state index contributed by atoms with van der Waals surface area (Å²) in [6.07, 6.45) is 0. The van der Waals surface area contributed by atoms with Crippen molar-refractivity contribution in [1.82, 2.24) is 0 Å². The highest BCUT2D eigenvalue weighted by molar-refractivity contribution is 6.61. The van der Waals surface area contributed by atoms with Crippen molar-refractivity contribution in [3.8, 4) is 5.75 Å². The van der Waals surface area contributed by atoms with E-state index in [0.717, 1.165) is 10.8 Å². The molecule has 0 aliphatic rings. The van der Waals surface area contributed by atoms with Crippen molar-refractivity contribution in [2.24, 2.45) is 0 Å². The maximum Gasteiger partial charge on any atom is 0.492 e. The third kappa shape index (κ3) is 1.75. The number of benzene rings is 2. The second-order valence-corrected chi connectivity index (χ2v) is 3.79. The molecule has 0 heterocycles. The highest BCUT2D eigenvalue weighted by atomic mass is 35.5. The van der Waals surface area contributed by atoms with E-state index in [2.05, 4.69) is 0 Å². The SMILES string of the molecule is COc1c(B(O)O)cc2ccccc2c1Cl. The number of hydrogen-bond acceptors (Lipinski definition) is 3. The first kappa shape index (κ1) is 11.3. The summed E-state index contributed by atoms with van der Waals surface area (Å²) in [7, 11) is -0.154. The predicted molar refractivity (Wildman–Crippen MR) is 65.3 cm³/mol. The molecule has 5 heteroatoms. The van der Waals surface area contributed by atoms with Crippen molar-refractivity contribution in [2.75, 3.05) is 7.11 Å². The van der Waals surface area contributed by atoms with E-state index in [-0.39, 0.29) is 5.46 Å². The molecule has 0 saturated heterocycles. The number of halogens is 1. The Balaban J connectivity index is 2.81. The molecular weight excluding hydrogens is 226 g/mol. The summed E-state index contributed by atoms with van der Waals surface area (Å²) in [5, 5.41) is 20.5. The number of fused-ring (bicyclic) bond motifs is 1. The zero-order valence-electron chi connectivity index (χ0n) is 8.64. The van der Waals surface area contributed by atoms with Gasteiger partial charge in [-0.25, -0.2) is 0 Å². The van der Waals surface area contributed by atoms with E-state index in [1.807, 2.05) is 24.3 Å². The quantitative estimate of drug-likeness (QED) is 0.770. The molecule has 3 nitrogen and oxygen atoms in total. The molecule has 0 aromatic heterocycles. The molecule has 16 heavy (non-hydrogen) atoms. The van der Waals surface area contributed by atoms with Crippen LogP contribution in [0.15, 0.2) is 30.3 Å². The van der Waals surface area contributed by atoms with E-state index in [4.69, 9.17) is 16.3 Å². The zero-order chi connectivity index (χ0) is 11.7. The van der Waals surface area contributed by atoms with Crippen LogP contribution < -0.4 is 10.2 Å². The number of rotatable bonds is 2. The van der Waals surface area contributed by atoms with Gasteiger partial charge in [0.15, 0.2) is 0 Å². The van der Waals surface area contributed by atoms with Gasteiger partial charge in [0, 0.05) is 10.8 Å². The Labute approximate surface area is 98.4 Å². The van der Waals surface area contributed by atoms with Gasteiger partial charge in [-0.15, -0.1) is 0 Å². The summed E-state index contributed by atoms with van der Waals surface area (Å²) in [4.78, 5) is 0. The van der Waals surface area contributed by atoms with Crippen LogP contribution in [-0.2, 0) is 0 Å². The number of ether oxygens (including phenoxy) is 1. The molecule has 82 valence electrons. The smallest absolute Gasteiger partial charge is 0.492 e. The Morgan fingerprint density at radius 3 is 2.56 bits per heavy atom. The highest BCUT2D eigenvalue weighted by Crippen LogP contribution is 2.31. The normalized spacial score (nSPS) is 10.5. The Morgan fingerprint density at radius 1 is 1.25 bits per heavy atom. The molecule has 0 bridgehead atoms. The fourth-order valence-electron chi connectivity index (χ4n) is 1.70. The van der Waals surface area contributed by atoms with Crippen LogP contribution in [0.5, 0.6) is 5.75 Å². The molecule has 2 N–H and O–H groups in total. The average Bonchev–Trinajstić information content (AvgIpc) is 2.29. The molecule has 0 radical (unpaired) electrons. The minimum absolute atomic E-state index is 0.270. The first-order valence-corrected chi connectivity index (χ1v) is 5.14. The van der Waals surface area contributed by atoms with Crippen LogP contribution in [0.25, 0.3) is 10.8 Å². The molecule has 0 saturated carbocycles. The van der Waals surface area contributed by atoms with Gasteiger partial charge in [-0.3, -0.25) is 0 Å². The molecule has 2 aromatic rings. The van der Waals surface area contributed by atoms with E-state index < -0.39 is 7.12 Å². The van der Waals surface area contributed by atoms with Crippen LogP contribution in [0.2, 0.25) is 5.02 Å². The maximum absolute atomic E-state index is 9.24. The first-order chi connectivity index (χ1) is 7.65. The standard InChI is InChI=1S/C11H10BClO3/c1-16-11-9(12(14)15)6-7-4-2-3-5-8(7)10(11)13/h2-6,14-15H,1H3. The predicted octanol–water partition coefficient (Wildman–Crippen LogP) is 1.18. The Kier molecular flexibility index (Phi) is 3.05. The Bertz CT molecular complexity index is 528. The van der Waals surface area contributed by atoms with Gasteiger partial charge in [0.05, 0.1) is 12.1 Å². The summed E-state index contributed by atoms with van der Waals surface area (Å²) in [5.74, 6) is 0.301. The summed E-state index contributed by atoms with van der Waals surface area (Å²) in [5.41, 5.74) is 0.270. The van der Waals surface area contributed by atoms with Crippen LogP contribution in [0.1, 0.15) is 0 Å². The van der Waals surface area contributed by atoms with Crippen molar-refractivity contribution in [3.63, 3.8) is 0 Å². The first-order valence-electron chi connectivity index (χ1n) is 4.76. The van der Waals surface area contributed by atoms with Gasteiger partial charge < -0.3 is 14.8 Å². The third-order valence-corrected chi connectivity index (χ3v) is 2.83. The van der Waals surface area contributed by atoms with E-state index in [1.54, 1.807) is 6.07 Å². The van der Waals surface area contributed by atoms with Gasteiger partial charge in [0.25, 0.3) is 0 Å². The van der Waals surface area contributed by atoms with E-state index in [1.165, 1.54) is 7.11 Å². The molecule has 0 fully saturated rings. The van der Waals surface area contributed by atoms with Crippen molar-refractivity contribution in [3.05, 3.63) is 35.4 Å². The number of methoxy groups -OCH3 is 1. The van der Waals surface area contributed by atoms with Crippen molar-refractivity contribution >= 4 is 35.0 Å². The van der Waals surface area contributed by atoms with Gasteiger partial charge in [-0.1, -0.05) is 41.9 Å². The summed E-state index contributed by atoms with van der Waals surface area (Å²) < 4.78 is 5.09. The van der Waals surface area contributed by atoms with Gasteiger partial charge in [0.1, 0.15) is 5.75 Å². The Hall–Kier alpha value is -1.23. The lowest BCUT2D eigenvalue weighted by Gasteiger charge is -2.12. The topological polar surface area (TPSA) is 49.7 Å². The van der Waals surface area contributed by atoms with Gasteiger partial charge in [-0.2, -0.15) is 0 Å². The monoisotopic (exact) mass is 236 g/mol. The molecule has 0 atom stereocenters. The summed E-state index contributed by atoms with van der Waals surface area (Å²) in [6, 6.07) is 9.09. The lowest BCUT2D eigenvalue weighted by Crippen LogP contribution is -2.31. The van der Waals surface area contributed by atoms with E-state index in [9.17, 15) is 10.0 Å². The molecule has 0 aliphatic heterocycles. The molecule has 0 aliphatic carbocycles. The molecule has 2 aromatic carbocycles. The molecule has 0 amide bonds. The van der Waals surface area contributed by atoms with Crippen LogP contribution in [0.4, 0.5) is 0 Å². The molecule has 0 unspecified atom stereocenters. The van der Waals surface area contributed by atoms with E-state index in [0.29, 0.717) is 10.8 Å². The lowest BCUT2D eigenvalue weighted by molar-refractivity contribution is 0.404. The minimum Gasteiger partial charge on any atom is -0.496 e. The average molecular weight is 236 g/mol. The maximum atomic E-state index is 9.24. The largest absolute Gasteiger partial charge is 0.496 e. The fraction of sp³-hybridized carbons (Fsp3) is 0.0909.